The first kappa shape index (κ1) is 19.3. The molecule has 3 rings (SSSR count). The maximum Gasteiger partial charge on any atom is 0.338 e. The number of carbonyl (C=O) groups is 4. The van der Waals surface area contributed by atoms with Gasteiger partial charge in [-0.3, -0.25) is 19.3 Å². The molecule has 1 atom stereocenters. The molecule has 1 N–H and O–H groups in total. The first-order valence-corrected chi connectivity index (χ1v) is 8.89. The number of rotatable bonds is 5. The number of carbonyl (C=O) groups excluding carboxylic acids is 4. The van der Waals surface area contributed by atoms with Crippen LogP contribution in [0.5, 0.6) is 0 Å². The van der Waals surface area contributed by atoms with Gasteiger partial charge in [-0.1, -0.05) is 19.1 Å². The Morgan fingerprint density at radius 1 is 1.04 bits per heavy atom. The molecule has 2 aromatic rings. The Hall–Kier alpha value is -3.48. The molecule has 1 heterocycles. The molecular weight excluding hydrogens is 360 g/mol. The van der Waals surface area contributed by atoms with E-state index in [0.717, 1.165) is 16.9 Å². The van der Waals surface area contributed by atoms with Crippen molar-refractivity contribution in [1.82, 2.24) is 4.90 Å². The van der Waals surface area contributed by atoms with Crippen molar-refractivity contribution in [2.24, 2.45) is 0 Å². The zero-order valence-corrected chi connectivity index (χ0v) is 15.8. The lowest BCUT2D eigenvalue weighted by atomic mass is 10.1. The molecule has 0 radical (unpaired) electrons. The van der Waals surface area contributed by atoms with Gasteiger partial charge in [0, 0.05) is 12.7 Å². The summed E-state index contributed by atoms with van der Waals surface area (Å²) in [5.74, 6) is -2.11. The van der Waals surface area contributed by atoms with Crippen LogP contribution in [-0.2, 0) is 16.0 Å². The fourth-order valence-corrected chi connectivity index (χ4v) is 2.84. The summed E-state index contributed by atoms with van der Waals surface area (Å²) in [5, 5.41) is 2.69. The number of amides is 3. The summed E-state index contributed by atoms with van der Waals surface area (Å²) in [6.45, 7) is 3.50. The molecule has 0 saturated carbocycles. The minimum Gasteiger partial charge on any atom is -0.449 e. The van der Waals surface area contributed by atoms with E-state index in [9.17, 15) is 19.2 Å². The summed E-state index contributed by atoms with van der Waals surface area (Å²) < 4.78 is 5.20. The predicted molar refractivity (Wildman–Crippen MR) is 102 cm³/mol. The number of hydrogen-bond donors (Lipinski definition) is 1. The van der Waals surface area contributed by atoms with E-state index < -0.39 is 29.8 Å². The van der Waals surface area contributed by atoms with Crippen LogP contribution >= 0.6 is 0 Å². The van der Waals surface area contributed by atoms with Gasteiger partial charge in [0.1, 0.15) is 0 Å². The lowest BCUT2D eigenvalue weighted by molar-refractivity contribution is -0.123. The van der Waals surface area contributed by atoms with Crippen molar-refractivity contribution in [3.05, 3.63) is 64.7 Å². The van der Waals surface area contributed by atoms with Crippen LogP contribution in [0.25, 0.3) is 0 Å². The lowest BCUT2D eigenvalue weighted by Crippen LogP contribution is -2.30. The van der Waals surface area contributed by atoms with Crippen LogP contribution in [0.2, 0.25) is 0 Å². The molecule has 0 bridgehead atoms. The molecule has 1 aliphatic rings. The third kappa shape index (κ3) is 3.64. The molecule has 0 saturated heterocycles. The number of nitrogens with zero attached hydrogens (tertiary/aromatic N) is 1. The standard InChI is InChI=1S/C21H20N2O5/c1-4-13-5-8-15(9-6-13)22-18(24)12(2)28-21(27)14-7-10-16-17(11-14)20(26)23(3)19(16)25/h5-12H,4H2,1-3H3,(H,22,24). The number of imide groups is 1. The summed E-state index contributed by atoms with van der Waals surface area (Å²) in [6, 6.07) is 11.5. The summed E-state index contributed by atoms with van der Waals surface area (Å²) in [7, 11) is 1.38. The first-order valence-electron chi connectivity index (χ1n) is 8.89. The van der Waals surface area contributed by atoms with Crippen molar-refractivity contribution >= 4 is 29.4 Å². The van der Waals surface area contributed by atoms with Crippen LogP contribution in [0.1, 0.15) is 50.5 Å². The van der Waals surface area contributed by atoms with Crippen molar-refractivity contribution < 1.29 is 23.9 Å². The van der Waals surface area contributed by atoms with Gasteiger partial charge >= 0.3 is 5.97 Å². The first-order chi connectivity index (χ1) is 13.3. The third-order valence-electron chi connectivity index (χ3n) is 4.61. The fraction of sp³-hybridized carbons (Fsp3) is 0.238. The number of aryl methyl sites for hydroxylation is 1. The molecule has 0 spiro atoms. The summed E-state index contributed by atoms with van der Waals surface area (Å²) in [5.41, 5.74) is 2.24. The second-order valence-corrected chi connectivity index (χ2v) is 6.52. The van der Waals surface area contributed by atoms with E-state index in [1.54, 1.807) is 12.1 Å². The van der Waals surface area contributed by atoms with Crippen LogP contribution < -0.4 is 5.32 Å². The molecule has 7 heteroatoms. The summed E-state index contributed by atoms with van der Waals surface area (Å²) >= 11 is 0. The quantitative estimate of drug-likeness (QED) is 0.636. The van der Waals surface area contributed by atoms with Crippen molar-refractivity contribution in [3.8, 4) is 0 Å². The van der Waals surface area contributed by atoms with Gasteiger partial charge in [0.2, 0.25) is 0 Å². The molecule has 7 nitrogen and oxygen atoms in total. The maximum absolute atomic E-state index is 12.4. The van der Waals surface area contributed by atoms with E-state index in [4.69, 9.17) is 4.74 Å². The van der Waals surface area contributed by atoms with Crippen LogP contribution in [0.15, 0.2) is 42.5 Å². The maximum atomic E-state index is 12.4. The molecule has 3 amide bonds. The molecule has 1 unspecified atom stereocenters. The summed E-state index contributed by atoms with van der Waals surface area (Å²) in [4.78, 5) is 49.6. The van der Waals surface area contributed by atoms with Gasteiger partial charge in [0.05, 0.1) is 16.7 Å². The fourth-order valence-electron chi connectivity index (χ4n) is 2.84. The van der Waals surface area contributed by atoms with Crippen molar-refractivity contribution in [2.45, 2.75) is 26.4 Å². The number of anilines is 1. The minimum atomic E-state index is -1.04. The van der Waals surface area contributed by atoms with E-state index >= 15 is 0 Å². The number of benzene rings is 2. The van der Waals surface area contributed by atoms with Gasteiger partial charge < -0.3 is 10.1 Å². The minimum absolute atomic E-state index is 0.0992. The second kappa shape index (κ2) is 7.64. The Kier molecular flexibility index (Phi) is 5.26. The van der Waals surface area contributed by atoms with Crippen molar-refractivity contribution in [2.75, 3.05) is 12.4 Å². The van der Waals surface area contributed by atoms with Gasteiger partial charge in [-0.15, -0.1) is 0 Å². The molecule has 28 heavy (non-hydrogen) atoms. The van der Waals surface area contributed by atoms with E-state index in [0.29, 0.717) is 5.69 Å². The van der Waals surface area contributed by atoms with E-state index in [-0.39, 0.29) is 16.7 Å². The van der Waals surface area contributed by atoms with Crippen LogP contribution in [0.4, 0.5) is 5.69 Å². The number of fused-ring (bicyclic) bond motifs is 1. The molecule has 0 fully saturated rings. The smallest absolute Gasteiger partial charge is 0.338 e. The SMILES string of the molecule is CCc1ccc(NC(=O)C(C)OC(=O)c2ccc3c(c2)C(=O)N(C)C3=O)cc1. The van der Waals surface area contributed by atoms with Gasteiger partial charge in [-0.25, -0.2) is 4.79 Å². The predicted octanol–water partition coefficient (Wildman–Crippen LogP) is 2.66. The second-order valence-electron chi connectivity index (χ2n) is 6.52. The third-order valence-corrected chi connectivity index (χ3v) is 4.61. The van der Waals surface area contributed by atoms with E-state index in [1.165, 1.54) is 32.2 Å². The van der Waals surface area contributed by atoms with E-state index in [1.807, 2.05) is 19.1 Å². The number of ether oxygens (including phenoxy) is 1. The van der Waals surface area contributed by atoms with Gasteiger partial charge in [0.15, 0.2) is 6.10 Å². The van der Waals surface area contributed by atoms with Gasteiger partial charge in [-0.05, 0) is 49.2 Å². The molecule has 2 aromatic carbocycles. The molecular formula is C21H20N2O5. The molecule has 144 valence electrons. The summed E-state index contributed by atoms with van der Waals surface area (Å²) in [6.07, 6.45) is -0.140. The average Bonchev–Trinajstić information content (AvgIpc) is 2.92. The Morgan fingerprint density at radius 2 is 1.68 bits per heavy atom. The average molecular weight is 380 g/mol. The number of hydrogen-bond acceptors (Lipinski definition) is 5. The highest BCUT2D eigenvalue weighted by Crippen LogP contribution is 2.23. The topological polar surface area (TPSA) is 92.8 Å². The normalized spacial score (nSPS) is 13.9. The highest BCUT2D eigenvalue weighted by atomic mass is 16.5. The molecule has 1 aliphatic heterocycles. The zero-order valence-electron chi connectivity index (χ0n) is 15.8. The Morgan fingerprint density at radius 3 is 2.32 bits per heavy atom. The molecule has 0 aliphatic carbocycles. The highest BCUT2D eigenvalue weighted by molar-refractivity contribution is 6.21. The van der Waals surface area contributed by atoms with Crippen LogP contribution in [0.3, 0.4) is 0 Å². The van der Waals surface area contributed by atoms with Gasteiger partial charge in [0.25, 0.3) is 17.7 Å². The number of nitrogens with one attached hydrogen (secondary N) is 1. The van der Waals surface area contributed by atoms with Crippen LogP contribution in [-0.4, -0.2) is 41.7 Å². The monoisotopic (exact) mass is 380 g/mol. The molecule has 0 aromatic heterocycles. The largest absolute Gasteiger partial charge is 0.449 e. The Labute approximate surface area is 162 Å². The van der Waals surface area contributed by atoms with E-state index in [2.05, 4.69) is 5.32 Å². The Bertz CT molecular complexity index is 965. The zero-order chi connectivity index (χ0) is 20.4. The van der Waals surface area contributed by atoms with Crippen LogP contribution in [0, 0.1) is 0 Å². The Balaban J connectivity index is 1.66. The van der Waals surface area contributed by atoms with Crippen molar-refractivity contribution in [1.29, 1.82) is 0 Å². The lowest BCUT2D eigenvalue weighted by Gasteiger charge is -2.14. The van der Waals surface area contributed by atoms with Gasteiger partial charge in [-0.2, -0.15) is 0 Å². The highest BCUT2D eigenvalue weighted by Gasteiger charge is 2.33. The number of esters is 1. The van der Waals surface area contributed by atoms with Crippen molar-refractivity contribution in [3.63, 3.8) is 0 Å².